The van der Waals surface area contributed by atoms with E-state index in [0.717, 1.165) is 34.0 Å². The summed E-state index contributed by atoms with van der Waals surface area (Å²) in [4.78, 5) is 29.3. The smallest absolute Gasteiger partial charge is 0.325 e. The average Bonchev–Trinajstić information content (AvgIpc) is 3.44. The predicted molar refractivity (Wildman–Crippen MR) is 171 cm³/mol. The number of aromatic nitrogens is 1. The van der Waals surface area contributed by atoms with Crippen LogP contribution in [0.5, 0.6) is 5.75 Å². The van der Waals surface area contributed by atoms with E-state index in [1.807, 2.05) is 37.4 Å². The topological polar surface area (TPSA) is 64.0 Å². The van der Waals surface area contributed by atoms with Crippen LogP contribution in [0.2, 0.25) is 10.0 Å². The normalized spacial score (nSPS) is 14.4. The van der Waals surface area contributed by atoms with E-state index in [9.17, 15) is 9.59 Å². The van der Waals surface area contributed by atoms with E-state index in [2.05, 4.69) is 17.6 Å². The second-order valence-electron chi connectivity index (χ2n) is 9.66. The van der Waals surface area contributed by atoms with E-state index in [4.69, 9.17) is 44.9 Å². The Bertz CT molecular complexity index is 1710. The van der Waals surface area contributed by atoms with Crippen molar-refractivity contribution in [2.75, 3.05) is 25.2 Å². The molecular formula is C32H29Cl2N3O4S. The van der Waals surface area contributed by atoms with Crippen LogP contribution < -0.4 is 9.64 Å². The average molecular weight is 623 g/mol. The Morgan fingerprint density at radius 2 is 1.79 bits per heavy atom. The molecule has 4 aromatic rings. The Labute approximate surface area is 259 Å². The Hall–Kier alpha value is -3.85. The van der Waals surface area contributed by atoms with Crippen LogP contribution in [0.4, 0.5) is 5.69 Å². The lowest BCUT2D eigenvalue weighted by molar-refractivity contribution is -0.140. The highest BCUT2D eigenvalue weighted by Gasteiger charge is 2.40. The van der Waals surface area contributed by atoms with E-state index >= 15 is 0 Å². The van der Waals surface area contributed by atoms with Crippen molar-refractivity contribution in [3.8, 4) is 5.75 Å². The fourth-order valence-corrected chi connectivity index (χ4v) is 5.90. The Morgan fingerprint density at radius 3 is 2.45 bits per heavy atom. The first-order valence-electron chi connectivity index (χ1n) is 13.5. The molecule has 5 rings (SSSR count). The number of carbonyl (C=O) groups excluding carboxylic acids is 2. The molecule has 1 aromatic heterocycles. The number of hydrogen-bond acceptors (Lipinski definition) is 5. The number of ether oxygens (including phenoxy) is 2. The van der Waals surface area contributed by atoms with E-state index in [0.29, 0.717) is 34.6 Å². The molecule has 0 N–H and O–H groups in total. The number of aryl methyl sites for hydroxylation is 1. The van der Waals surface area contributed by atoms with Crippen LogP contribution in [-0.4, -0.2) is 46.7 Å². The molecule has 1 aliphatic rings. The number of rotatable bonds is 9. The second-order valence-corrected chi connectivity index (χ2v) is 10.9. The largest absolute Gasteiger partial charge is 0.494 e. The molecule has 1 fully saturated rings. The molecule has 216 valence electrons. The van der Waals surface area contributed by atoms with E-state index in [1.165, 1.54) is 16.9 Å². The van der Waals surface area contributed by atoms with Crippen molar-refractivity contribution < 1.29 is 19.1 Å². The lowest BCUT2D eigenvalue weighted by atomic mass is 10.1. The van der Waals surface area contributed by atoms with Crippen LogP contribution in [-0.2, 0) is 27.3 Å². The molecular weight excluding hydrogens is 593 g/mol. The van der Waals surface area contributed by atoms with Gasteiger partial charge in [-0.05, 0) is 79.2 Å². The number of hydrogen-bond donors (Lipinski definition) is 0. The molecule has 0 saturated carbocycles. The summed E-state index contributed by atoms with van der Waals surface area (Å²) in [6.45, 7) is 4.82. The summed E-state index contributed by atoms with van der Waals surface area (Å²) in [7, 11) is 1.30. The maximum atomic E-state index is 14.0. The summed E-state index contributed by atoms with van der Waals surface area (Å²) in [6.07, 6.45) is 4.59. The molecule has 0 unspecified atom stereocenters. The van der Waals surface area contributed by atoms with Crippen LogP contribution in [0.15, 0.2) is 72.6 Å². The van der Waals surface area contributed by atoms with Gasteiger partial charge in [-0.15, -0.1) is 0 Å². The third kappa shape index (κ3) is 5.75. The molecule has 2 heterocycles. The number of esters is 1. The van der Waals surface area contributed by atoms with Gasteiger partial charge in [0.1, 0.15) is 18.0 Å². The first-order chi connectivity index (χ1) is 20.2. The number of halogens is 2. The molecule has 0 bridgehead atoms. The van der Waals surface area contributed by atoms with Gasteiger partial charge in [0, 0.05) is 33.7 Å². The standard InChI is InChI=1S/C32H29Cl2N3O4S/c1-4-20-7-6-8-26-22(18-35(30(20)26)17-21-9-10-23(33)16-27(21)34)15-28-31(39)37(32(42)36(28)19-29(38)40-3)24-11-13-25(14-12-24)41-5-2/h6-16,18H,4-5,17,19H2,1-3H3/b28-15-. The fraction of sp³-hybridized carbons (Fsp3) is 0.219. The van der Waals surface area contributed by atoms with Crippen LogP contribution in [0, 0.1) is 0 Å². The summed E-state index contributed by atoms with van der Waals surface area (Å²) < 4.78 is 12.6. The number of para-hydroxylation sites is 1. The van der Waals surface area contributed by atoms with Gasteiger partial charge in [-0.1, -0.05) is 54.4 Å². The second kappa shape index (κ2) is 12.6. The molecule has 1 amide bonds. The van der Waals surface area contributed by atoms with Gasteiger partial charge in [0.25, 0.3) is 5.91 Å². The number of thiocarbonyl (C=S) groups is 1. The SMILES string of the molecule is CCOc1ccc(N2C(=O)/C(=C/c3cn(Cc4ccc(Cl)cc4Cl)c4c(CC)cccc34)N(CC(=O)OC)C2=S)cc1. The fourth-order valence-electron chi connectivity index (χ4n) is 5.08. The summed E-state index contributed by atoms with van der Waals surface area (Å²) in [6, 6.07) is 18.7. The summed E-state index contributed by atoms with van der Waals surface area (Å²) in [5, 5.41) is 2.29. The van der Waals surface area contributed by atoms with Crippen molar-refractivity contribution in [2.45, 2.75) is 26.8 Å². The zero-order valence-electron chi connectivity index (χ0n) is 23.4. The Kier molecular flexibility index (Phi) is 8.87. The van der Waals surface area contributed by atoms with Crippen molar-refractivity contribution >= 4 is 75.1 Å². The van der Waals surface area contributed by atoms with Crippen LogP contribution >= 0.6 is 35.4 Å². The van der Waals surface area contributed by atoms with Gasteiger partial charge in [0.05, 0.1) is 24.9 Å². The van der Waals surface area contributed by atoms with Gasteiger partial charge in [-0.2, -0.15) is 0 Å². The minimum Gasteiger partial charge on any atom is -0.494 e. The number of benzene rings is 3. The molecule has 0 atom stereocenters. The molecule has 10 heteroatoms. The highest BCUT2D eigenvalue weighted by Crippen LogP contribution is 2.34. The lowest BCUT2D eigenvalue weighted by Crippen LogP contribution is -2.35. The quantitative estimate of drug-likeness (QED) is 0.113. The van der Waals surface area contributed by atoms with Gasteiger partial charge in [-0.25, -0.2) is 0 Å². The van der Waals surface area contributed by atoms with Gasteiger partial charge in [0.2, 0.25) is 0 Å². The zero-order valence-corrected chi connectivity index (χ0v) is 25.7. The minimum atomic E-state index is -0.516. The number of fused-ring (bicyclic) bond motifs is 1. The van der Waals surface area contributed by atoms with Gasteiger partial charge in [-0.3, -0.25) is 14.5 Å². The van der Waals surface area contributed by atoms with Crippen molar-refractivity contribution in [2.24, 2.45) is 0 Å². The zero-order chi connectivity index (χ0) is 30.0. The molecule has 1 aliphatic heterocycles. The molecule has 0 aliphatic carbocycles. The summed E-state index contributed by atoms with van der Waals surface area (Å²) in [5.74, 6) is -0.180. The Balaban J connectivity index is 1.62. The van der Waals surface area contributed by atoms with Crippen molar-refractivity contribution in [3.05, 3.63) is 99.3 Å². The maximum absolute atomic E-state index is 14.0. The van der Waals surface area contributed by atoms with Gasteiger partial charge < -0.3 is 18.9 Å². The van der Waals surface area contributed by atoms with E-state index in [1.54, 1.807) is 36.4 Å². The molecule has 3 aromatic carbocycles. The Morgan fingerprint density at radius 1 is 1.02 bits per heavy atom. The van der Waals surface area contributed by atoms with Gasteiger partial charge in [0.15, 0.2) is 5.11 Å². The van der Waals surface area contributed by atoms with Crippen molar-refractivity contribution in [1.29, 1.82) is 0 Å². The molecule has 1 saturated heterocycles. The van der Waals surface area contributed by atoms with Crippen LogP contribution in [0.25, 0.3) is 17.0 Å². The van der Waals surface area contributed by atoms with E-state index in [-0.39, 0.29) is 23.3 Å². The predicted octanol–water partition coefficient (Wildman–Crippen LogP) is 7.11. The lowest BCUT2D eigenvalue weighted by Gasteiger charge is -2.19. The molecule has 0 radical (unpaired) electrons. The number of nitrogens with zero attached hydrogens (tertiary/aromatic N) is 3. The van der Waals surface area contributed by atoms with Crippen molar-refractivity contribution in [1.82, 2.24) is 9.47 Å². The van der Waals surface area contributed by atoms with E-state index < -0.39 is 5.97 Å². The third-order valence-corrected chi connectivity index (χ3v) is 8.09. The van der Waals surface area contributed by atoms with Crippen molar-refractivity contribution in [3.63, 3.8) is 0 Å². The number of anilines is 1. The summed E-state index contributed by atoms with van der Waals surface area (Å²) >= 11 is 18.4. The first-order valence-corrected chi connectivity index (χ1v) is 14.6. The van der Waals surface area contributed by atoms with Crippen LogP contribution in [0.3, 0.4) is 0 Å². The van der Waals surface area contributed by atoms with Crippen LogP contribution in [0.1, 0.15) is 30.5 Å². The monoisotopic (exact) mass is 621 g/mol. The molecule has 0 spiro atoms. The highest BCUT2D eigenvalue weighted by molar-refractivity contribution is 7.80. The number of carbonyl (C=O) groups is 2. The third-order valence-electron chi connectivity index (χ3n) is 7.10. The maximum Gasteiger partial charge on any atom is 0.325 e. The van der Waals surface area contributed by atoms with Gasteiger partial charge >= 0.3 is 5.97 Å². The number of methoxy groups -OCH3 is 1. The molecule has 7 nitrogen and oxygen atoms in total. The molecule has 42 heavy (non-hydrogen) atoms. The summed E-state index contributed by atoms with van der Waals surface area (Å²) in [5.41, 5.74) is 4.74. The minimum absolute atomic E-state index is 0.187. The highest BCUT2D eigenvalue weighted by atomic mass is 35.5. The first kappa shape index (κ1) is 29.6. The number of amides is 1.